The molecule has 0 aromatic rings. The van der Waals surface area contributed by atoms with Gasteiger partial charge in [-0.2, -0.15) is 0 Å². The van der Waals surface area contributed by atoms with Crippen molar-refractivity contribution >= 4 is 41.9 Å². The third-order valence-electron chi connectivity index (χ3n) is 13.7. The summed E-state index contributed by atoms with van der Waals surface area (Å²) < 4.78 is 44.9. The Labute approximate surface area is 458 Å². The van der Waals surface area contributed by atoms with E-state index in [9.17, 15) is 33.6 Å². The van der Waals surface area contributed by atoms with Crippen molar-refractivity contribution in [3.63, 3.8) is 0 Å². The minimum atomic E-state index is -0.792. The van der Waals surface area contributed by atoms with Crippen LogP contribution < -0.4 is 0 Å². The summed E-state index contributed by atoms with van der Waals surface area (Å²) >= 11 is 0. The van der Waals surface area contributed by atoms with Crippen molar-refractivity contribution in [2.24, 2.45) is 11.8 Å². The third kappa shape index (κ3) is 39.4. The van der Waals surface area contributed by atoms with Gasteiger partial charge in [0, 0.05) is 64.1 Å². The molecule has 0 radical (unpaired) electrons. The maximum atomic E-state index is 13.7. The fraction of sp³-hybridized carbons (Fsp3) is 0.881. The summed E-state index contributed by atoms with van der Waals surface area (Å²) in [5, 5.41) is 0. The molecule has 1 heterocycles. The maximum absolute atomic E-state index is 13.7. The van der Waals surface area contributed by atoms with Gasteiger partial charge in [0.1, 0.15) is 12.7 Å². The number of amides is 1. The lowest BCUT2D eigenvalue weighted by molar-refractivity contribution is -0.157. The Bertz CT molecular complexity index is 1470. The SMILES string of the molecule is CCCCCCCCC(=O)OCC(COC(=O)CCCCCCCC)CC(=O)OC[C@@H]1C[C@@H](OC(=O)CC(COC(=O)CCCCCCCC)COC(=O)CCCCCCCC)CN1C(=O)OCCCN(C)CCOC. The normalized spacial score (nSPS) is 14.3. The highest BCUT2D eigenvalue weighted by Crippen LogP contribution is 2.24. The Kier molecular flexibility index (Phi) is 44.4. The molecule has 17 nitrogen and oxygen atoms in total. The topological polar surface area (TPSA) is 200 Å². The molecule has 1 aliphatic rings. The molecule has 1 amide bonds. The van der Waals surface area contributed by atoms with Crippen molar-refractivity contribution in [3.05, 3.63) is 0 Å². The first-order valence-corrected chi connectivity index (χ1v) is 29.9. The summed E-state index contributed by atoms with van der Waals surface area (Å²) in [5.74, 6) is -4.10. The molecule has 0 saturated carbocycles. The lowest BCUT2D eigenvalue weighted by Crippen LogP contribution is -2.40. The summed E-state index contributed by atoms with van der Waals surface area (Å²) in [6, 6.07) is -0.718. The largest absolute Gasteiger partial charge is 0.465 e. The van der Waals surface area contributed by atoms with Crippen LogP contribution in [0.5, 0.6) is 0 Å². The van der Waals surface area contributed by atoms with Gasteiger partial charge in [0.2, 0.25) is 0 Å². The van der Waals surface area contributed by atoms with Crippen molar-refractivity contribution in [2.45, 2.75) is 245 Å². The molecule has 1 fully saturated rings. The van der Waals surface area contributed by atoms with Gasteiger partial charge in [-0.25, -0.2) is 4.79 Å². The highest BCUT2D eigenvalue weighted by atomic mass is 16.6. The van der Waals surface area contributed by atoms with Gasteiger partial charge < -0.3 is 42.8 Å². The Hall–Kier alpha value is -3.99. The van der Waals surface area contributed by atoms with E-state index in [2.05, 4.69) is 32.6 Å². The van der Waals surface area contributed by atoms with Crippen molar-refractivity contribution in [1.29, 1.82) is 0 Å². The number of methoxy groups -OCH3 is 1. The molecule has 0 N–H and O–H groups in total. The Morgan fingerprint density at radius 3 is 1.22 bits per heavy atom. The molecule has 2 atom stereocenters. The van der Waals surface area contributed by atoms with E-state index >= 15 is 0 Å². The fourth-order valence-electron chi connectivity index (χ4n) is 8.89. The second kappa shape index (κ2) is 48.2. The van der Waals surface area contributed by atoms with Gasteiger partial charge in [0.15, 0.2) is 0 Å². The van der Waals surface area contributed by atoms with Crippen molar-refractivity contribution in [1.82, 2.24) is 9.80 Å². The van der Waals surface area contributed by atoms with Crippen LogP contribution in [0, 0.1) is 11.8 Å². The van der Waals surface area contributed by atoms with Crippen molar-refractivity contribution in [3.8, 4) is 0 Å². The number of ether oxygens (including phenoxy) is 8. The molecule has 0 unspecified atom stereocenters. The van der Waals surface area contributed by atoms with E-state index in [1.807, 2.05) is 7.05 Å². The van der Waals surface area contributed by atoms with E-state index < -0.39 is 42.0 Å². The Morgan fingerprint density at radius 2 is 0.829 bits per heavy atom. The summed E-state index contributed by atoms with van der Waals surface area (Å²) in [4.78, 5) is 95.2. The second-order valence-electron chi connectivity index (χ2n) is 21.0. The first kappa shape index (κ1) is 70.0. The standard InChI is InChI=1S/C59H106N2O15/c1-7-11-15-19-23-27-32-53(62)71-44-49(45-72-54(63)33-28-24-20-16-12-8-2)40-57(66)75-48-51-42-52(43-61(51)59(68)70-38-31-36-60(5)37-39-69-6)76-58(67)41-50(46-73-55(64)34-29-25-21-17-13-9-3)47-74-56(65)35-30-26-22-18-14-10-4/h49-52H,7-48H2,1-6H3/t51-,52+/m0/s1. The molecule has 0 aromatic carbocycles. The highest BCUT2D eigenvalue weighted by molar-refractivity contribution is 5.73. The van der Waals surface area contributed by atoms with Gasteiger partial charge in [0.05, 0.1) is 65.1 Å². The van der Waals surface area contributed by atoms with E-state index in [-0.39, 0.29) is 115 Å². The molecule has 442 valence electrons. The number of hydrogen-bond acceptors (Lipinski definition) is 16. The molecule has 17 heteroatoms. The van der Waals surface area contributed by atoms with Crippen molar-refractivity contribution < 1.29 is 71.5 Å². The molecule has 0 aromatic heterocycles. The number of likely N-dealkylation sites (N-methyl/N-ethyl adjacent to an activating group) is 1. The van der Waals surface area contributed by atoms with Crippen LogP contribution in [0.25, 0.3) is 0 Å². The summed E-state index contributed by atoms with van der Waals surface area (Å²) in [6.45, 7) is 9.87. The van der Waals surface area contributed by atoms with E-state index in [0.29, 0.717) is 51.8 Å². The van der Waals surface area contributed by atoms with Crippen LogP contribution in [-0.4, -0.2) is 144 Å². The minimum Gasteiger partial charge on any atom is -0.465 e. The van der Waals surface area contributed by atoms with Crippen LogP contribution >= 0.6 is 0 Å². The molecule has 0 spiro atoms. The zero-order valence-electron chi connectivity index (χ0n) is 48.5. The zero-order valence-corrected chi connectivity index (χ0v) is 48.5. The average Bonchev–Trinajstić information content (AvgIpc) is 3.81. The molecule has 1 rings (SSSR count). The first-order valence-electron chi connectivity index (χ1n) is 29.9. The molecule has 0 bridgehead atoms. The number of rotatable bonds is 50. The van der Waals surface area contributed by atoms with Gasteiger partial charge in [-0.1, -0.05) is 156 Å². The van der Waals surface area contributed by atoms with Crippen molar-refractivity contribution in [2.75, 3.05) is 80.0 Å². The van der Waals surface area contributed by atoms with Gasteiger partial charge in [-0.05, 0) is 39.2 Å². The van der Waals surface area contributed by atoms with Gasteiger partial charge in [-0.15, -0.1) is 0 Å². The number of carbonyl (C=O) groups excluding carboxylic acids is 7. The van der Waals surface area contributed by atoms with Crippen LogP contribution in [0.2, 0.25) is 0 Å². The third-order valence-corrected chi connectivity index (χ3v) is 13.7. The fourth-order valence-corrected chi connectivity index (χ4v) is 8.89. The summed E-state index contributed by atoms with van der Waals surface area (Å²) in [6.07, 6.45) is 24.2. The number of likely N-dealkylation sites (tertiary alicyclic amines) is 1. The van der Waals surface area contributed by atoms with Gasteiger partial charge >= 0.3 is 41.9 Å². The van der Waals surface area contributed by atoms with Crippen LogP contribution in [-0.2, 0) is 66.7 Å². The second-order valence-corrected chi connectivity index (χ2v) is 21.0. The van der Waals surface area contributed by atoms with E-state index in [4.69, 9.17) is 37.9 Å². The van der Waals surface area contributed by atoms with Gasteiger partial charge in [-0.3, -0.25) is 33.7 Å². The Morgan fingerprint density at radius 1 is 0.447 bits per heavy atom. The van der Waals surface area contributed by atoms with Gasteiger partial charge in [0.25, 0.3) is 0 Å². The smallest absolute Gasteiger partial charge is 0.410 e. The van der Waals surface area contributed by atoms with E-state index in [1.54, 1.807) is 7.11 Å². The molecular formula is C59H106N2O15. The molecule has 0 aliphatic carbocycles. The zero-order chi connectivity index (χ0) is 55.9. The molecule has 1 saturated heterocycles. The maximum Gasteiger partial charge on any atom is 0.410 e. The number of carbonyl (C=O) groups is 7. The Balaban J connectivity index is 3.09. The summed E-state index contributed by atoms with van der Waals surface area (Å²) in [7, 11) is 3.58. The monoisotopic (exact) mass is 1080 g/mol. The van der Waals surface area contributed by atoms with Crippen LogP contribution in [0.4, 0.5) is 4.79 Å². The number of hydrogen-bond donors (Lipinski definition) is 0. The molecule has 76 heavy (non-hydrogen) atoms. The minimum absolute atomic E-state index is 0.0303. The average molecular weight is 1080 g/mol. The van der Waals surface area contributed by atoms with Crippen LogP contribution in [0.3, 0.4) is 0 Å². The lowest BCUT2D eigenvalue weighted by atomic mass is 10.1. The van der Waals surface area contributed by atoms with Crippen LogP contribution in [0.1, 0.15) is 233 Å². The molecule has 1 aliphatic heterocycles. The predicted molar refractivity (Wildman–Crippen MR) is 293 cm³/mol. The summed E-state index contributed by atoms with van der Waals surface area (Å²) in [5.41, 5.74) is 0. The lowest BCUT2D eigenvalue weighted by Gasteiger charge is -2.24. The molecular weight excluding hydrogens is 977 g/mol. The number of nitrogens with zero attached hydrogens (tertiary/aromatic N) is 2. The predicted octanol–water partition coefficient (Wildman–Crippen LogP) is 11.8. The van der Waals surface area contributed by atoms with E-state index in [1.165, 1.54) is 4.90 Å². The van der Waals surface area contributed by atoms with E-state index in [0.717, 1.165) is 128 Å². The highest BCUT2D eigenvalue weighted by Gasteiger charge is 2.39. The first-order chi connectivity index (χ1) is 36.8. The number of esters is 6. The quantitative estimate of drug-likeness (QED) is 0.0316. The number of unbranched alkanes of at least 4 members (excludes halogenated alkanes) is 20. The van der Waals surface area contributed by atoms with Crippen LogP contribution in [0.15, 0.2) is 0 Å².